The minimum atomic E-state index is -0.614. The van der Waals surface area contributed by atoms with Gasteiger partial charge in [0.15, 0.2) is 0 Å². The Bertz CT molecular complexity index is 665. The monoisotopic (exact) mass is 319 g/mol. The molecule has 0 unspecified atom stereocenters. The Balaban J connectivity index is 2.33. The molecule has 1 heterocycles. The molecule has 0 aliphatic heterocycles. The highest BCUT2D eigenvalue weighted by Crippen LogP contribution is 2.26. The SMILES string of the molecule is N#Cc1cc([N+](=O)[O-])cnc1Oc1ccc(Br)cc1. The average Bonchev–Trinajstić information content (AvgIpc) is 2.41. The molecular formula is C12H6BrN3O3. The average molecular weight is 320 g/mol. The van der Waals surface area contributed by atoms with Crippen LogP contribution in [-0.2, 0) is 0 Å². The standard InChI is InChI=1S/C12H6BrN3O3/c13-9-1-3-11(4-2-9)19-12-8(6-14)5-10(7-15-12)16(17)18/h1-5,7H. The summed E-state index contributed by atoms with van der Waals surface area (Å²) in [5.41, 5.74) is -0.239. The molecule has 1 aromatic carbocycles. The lowest BCUT2D eigenvalue weighted by Gasteiger charge is -2.05. The van der Waals surface area contributed by atoms with Gasteiger partial charge in [-0.1, -0.05) is 15.9 Å². The summed E-state index contributed by atoms with van der Waals surface area (Å²) in [6, 6.07) is 9.87. The fraction of sp³-hybridized carbons (Fsp3) is 0. The predicted molar refractivity (Wildman–Crippen MR) is 69.8 cm³/mol. The molecule has 0 radical (unpaired) electrons. The first-order valence-electron chi connectivity index (χ1n) is 5.08. The van der Waals surface area contributed by atoms with Gasteiger partial charge in [-0.25, -0.2) is 4.98 Å². The van der Waals surface area contributed by atoms with Gasteiger partial charge in [0, 0.05) is 10.5 Å². The van der Waals surface area contributed by atoms with Crippen LogP contribution in [0.15, 0.2) is 41.0 Å². The number of halogens is 1. The number of benzene rings is 1. The van der Waals surface area contributed by atoms with E-state index in [-0.39, 0.29) is 17.1 Å². The first-order valence-corrected chi connectivity index (χ1v) is 5.87. The zero-order chi connectivity index (χ0) is 13.8. The van der Waals surface area contributed by atoms with Crippen molar-refractivity contribution < 1.29 is 9.66 Å². The van der Waals surface area contributed by atoms with E-state index in [2.05, 4.69) is 20.9 Å². The van der Waals surface area contributed by atoms with Gasteiger partial charge in [-0.15, -0.1) is 0 Å². The molecule has 7 heteroatoms. The molecule has 0 N–H and O–H groups in total. The van der Waals surface area contributed by atoms with E-state index < -0.39 is 4.92 Å². The summed E-state index contributed by atoms with van der Waals surface area (Å²) in [4.78, 5) is 13.8. The second kappa shape index (κ2) is 5.46. The maximum absolute atomic E-state index is 10.6. The van der Waals surface area contributed by atoms with Crippen molar-refractivity contribution in [3.05, 3.63) is 56.7 Å². The van der Waals surface area contributed by atoms with E-state index in [1.54, 1.807) is 24.3 Å². The van der Waals surface area contributed by atoms with Gasteiger partial charge in [-0.05, 0) is 24.3 Å². The van der Waals surface area contributed by atoms with E-state index in [4.69, 9.17) is 10.00 Å². The summed E-state index contributed by atoms with van der Waals surface area (Å²) in [6.07, 6.45) is 1.05. The van der Waals surface area contributed by atoms with Gasteiger partial charge >= 0.3 is 0 Å². The normalized spacial score (nSPS) is 9.68. The van der Waals surface area contributed by atoms with Gasteiger partial charge in [-0.3, -0.25) is 10.1 Å². The molecule has 0 aliphatic rings. The van der Waals surface area contributed by atoms with Crippen LogP contribution in [0.2, 0.25) is 0 Å². The van der Waals surface area contributed by atoms with Crippen LogP contribution in [0.25, 0.3) is 0 Å². The fourth-order valence-corrected chi connectivity index (χ4v) is 1.58. The first kappa shape index (κ1) is 13.0. The van der Waals surface area contributed by atoms with Gasteiger partial charge < -0.3 is 4.74 Å². The molecule has 0 aliphatic carbocycles. The Morgan fingerprint density at radius 3 is 2.63 bits per heavy atom. The van der Waals surface area contributed by atoms with Crippen molar-refractivity contribution in [3.8, 4) is 17.7 Å². The molecule has 94 valence electrons. The zero-order valence-corrected chi connectivity index (χ0v) is 11.0. The lowest BCUT2D eigenvalue weighted by molar-refractivity contribution is -0.385. The van der Waals surface area contributed by atoms with Crippen LogP contribution in [0.4, 0.5) is 5.69 Å². The number of nitrogens with zero attached hydrogens (tertiary/aromatic N) is 3. The number of ether oxygens (including phenoxy) is 1. The molecule has 0 amide bonds. The zero-order valence-electron chi connectivity index (χ0n) is 9.41. The fourth-order valence-electron chi connectivity index (χ4n) is 1.32. The third kappa shape index (κ3) is 3.05. The van der Waals surface area contributed by atoms with Crippen LogP contribution < -0.4 is 4.74 Å². The number of rotatable bonds is 3. The Kier molecular flexibility index (Phi) is 3.73. The van der Waals surface area contributed by atoms with Crippen LogP contribution in [0.5, 0.6) is 11.6 Å². The molecule has 19 heavy (non-hydrogen) atoms. The highest BCUT2D eigenvalue weighted by molar-refractivity contribution is 9.10. The molecule has 0 saturated heterocycles. The third-order valence-corrected chi connectivity index (χ3v) is 2.72. The number of hydrogen-bond acceptors (Lipinski definition) is 5. The van der Waals surface area contributed by atoms with Crippen LogP contribution in [-0.4, -0.2) is 9.91 Å². The van der Waals surface area contributed by atoms with Crippen LogP contribution >= 0.6 is 15.9 Å². The Hall–Kier alpha value is -2.46. The Morgan fingerprint density at radius 1 is 1.37 bits per heavy atom. The van der Waals surface area contributed by atoms with Gasteiger partial charge in [0.2, 0.25) is 5.88 Å². The first-order chi connectivity index (χ1) is 9.10. The second-order valence-corrected chi connectivity index (χ2v) is 4.39. The number of pyridine rings is 1. The molecule has 0 bridgehead atoms. The van der Waals surface area contributed by atoms with Crippen molar-refractivity contribution in [3.63, 3.8) is 0 Å². The van der Waals surface area contributed by atoms with Crippen LogP contribution in [0, 0.1) is 21.4 Å². The molecule has 2 aromatic rings. The predicted octanol–water partition coefficient (Wildman–Crippen LogP) is 3.42. The van der Waals surface area contributed by atoms with Crippen molar-refractivity contribution in [1.82, 2.24) is 4.98 Å². The Labute approximate surface area is 116 Å². The van der Waals surface area contributed by atoms with Crippen molar-refractivity contribution in [2.24, 2.45) is 0 Å². The van der Waals surface area contributed by atoms with Gasteiger partial charge in [0.1, 0.15) is 23.6 Å². The van der Waals surface area contributed by atoms with Crippen molar-refractivity contribution in [1.29, 1.82) is 5.26 Å². The van der Waals surface area contributed by atoms with Gasteiger partial charge in [-0.2, -0.15) is 5.26 Å². The van der Waals surface area contributed by atoms with Crippen molar-refractivity contribution in [2.75, 3.05) is 0 Å². The quantitative estimate of drug-likeness (QED) is 0.638. The maximum Gasteiger partial charge on any atom is 0.289 e. The molecule has 1 aromatic heterocycles. The molecule has 0 saturated carbocycles. The summed E-state index contributed by atoms with van der Waals surface area (Å²) in [6.45, 7) is 0. The summed E-state index contributed by atoms with van der Waals surface area (Å²) in [5, 5.41) is 19.5. The minimum Gasteiger partial charge on any atom is -0.438 e. The number of aromatic nitrogens is 1. The topological polar surface area (TPSA) is 89.0 Å². The van der Waals surface area contributed by atoms with Gasteiger partial charge in [0.25, 0.3) is 5.69 Å². The third-order valence-electron chi connectivity index (χ3n) is 2.20. The number of nitro groups is 1. The van der Waals surface area contributed by atoms with Crippen LogP contribution in [0.3, 0.4) is 0 Å². The lowest BCUT2D eigenvalue weighted by Crippen LogP contribution is -1.95. The maximum atomic E-state index is 10.6. The summed E-state index contributed by atoms with van der Waals surface area (Å²) in [5.74, 6) is 0.525. The van der Waals surface area contributed by atoms with Gasteiger partial charge in [0.05, 0.1) is 4.92 Å². The molecular weight excluding hydrogens is 314 g/mol. The highest BCUT2D eigenvalue weighted by atomic mass is 79.9. The lowest BCUT2D eigenvalue weighted by atomic mass is 10.2. The van der Waals surface area contributed by atoms with Crippen molar-refractivity contribution >= 4 is 21.6 Å². The van der Waals surface area contributed by atoms with Crippen molar-refractivity contribution in [2.45, 2.75) is 0 Å². The molecule has 2 rings (SSSR count). The highest BCUT2D eigenvalue weighted by Gasteiger charge is 2.13. The van der Waals surface area contributed by atoms with E-state index >= 15 is 0 Å². The molecule has 0 atom stereocenters. The van der Waals surface area contributed by atoms with E-state index in [0.717, 1.165) is 16.7 Å². The van der Waals surface area contributed by atoms with E-state index in [0.29, 0.717) is 5.75 Å². The Morgan fingerprint density at radius 2 is 2.05 bits per heavy atom. The molecule has 0 spiro atoms. The molecule has 6 nitrogen and oxygen atoms in total. The van der Waals surface area contributed by atoms with E-state index in [9.17, 15) is 10.1 Å². The summed E-state index contributed by atoms with van der Waals surface area (Å²) >= 11 is 3.29. The van der Waals surface area contributed by atoms with E-state index in [1.165, 1.54) is 0 Å². The van der Waals surface area contributed by atoms with E-state index in [1.807, 2.05) is 6.07 Å². The smallest absolute Gasteiger partial charge is 0.289 e. The summed E-state index contributed by atoms with van der Waals surface area (Å²) in [7, 11) is 0. The summed E-state index contributed by atoms with van der Waals surface area (Å²) < 4.78 is 6.30. The second-order valence-electron chi connectivity index (χ2n) is 3.47. The van der Waals surface area contributed by atoms with Crippen LogP contribution in [0.1, 0.15) is 5.56 Å². The number of nitriles is 1. The minimum absolute atomic E-state index is 0.0112. The number of hydrogen-bond donors (Lipinski definition) is 0. The molecule has 0 fully saturated rings. The largest absolute Gasteiger partial charge is 0.438 e.